The van der Waals surface area contributed by atoms with E-state index in [2.05, 4.69) is 30.7 Å². The van der Waals surface area contributed by atoms with Crippen LogP contribution >= 0.6 is 24.0 Å². The number of morpholine rings is 1. The Balaban J connectivity index is 0.00000242. The quantitative estimate of drug-likeness (QED) is 0.388. The maximum atomic E-state index is 5.33. The van der Waals surface area contributed by atoms with Crippen LogP contribution in [0.15, 0.2) is 9.52 Å². The van der Waals surface area contributed by atoms with Crippen LogP contribution in [0.5, 0.6) is 0 Å². The van der Waals surface area contributed by atoms with Crippen LogP contribution in [-0.2, 0) is 11.3 Å². The van der Waals surface area contributed by atoms with Crippen LogP contribution in [0.1, 0.15) is 18.6 Å². The van der Waals surface area contributed by atoms with Gasteiger partial charge in [-0.25, -0.2) is 4.99 Å². The predicted molar refractivity (Wildman–Crippen MR) is 94.5 cm³/mol. The summed E-state index contributed by atoms with van der Waals surface area (Å²) in [5.41, 5.74) is 0. The molecule has 1 aliphatic heterocycles. The first-order valence-corrected chi connectivity index (χ1v) is 7.39. The van der Waals surface area contributed by atoms with E-state index < -0.39 is 0 Å². The summed E-state index contributed by atoms with van der Waals surface area (Å²) in [6, 6.07) is 0. The van der Waals surface area contributed by atoms with Gasteiger partial charge < -0.3 is 19.9 Å². The molecule has 22 heavy (non-hydrogen) atoms. The van der Waals surface area contributed by atoms with Gasteiger partial charge >= 0.3 is 0 Å². The lowest BCUT2D eigenvalue weighted by Crippen LogP contribution is -2.44. The van der Waals surface area contributed by atoms with Crippen LogP contribution in [0.4, 0.5) is 0 Å². The molecule has 0 atom stereocenters. The van der Waals surface area contributed by atoms with Crippen LogP contribution in [-0.4, -0.2) is 66.9 Å². The first-order chi connectivity index (χ1) is 10.3. The highest BCUT2D eigenvalue weighted by Gasteiger charge is 2.09. The minimum absolute atomic E-state index is 0. The lowest BCUT2D eigenvalue weighted by atomic mass is 10.4. The number of aryl methyl sites for hydroxylation is 1. The zero-order valence-corrected chi connectivity index (χ0v) is 15.5. The molecule has 0 radical (unpaired) electrons. The first-order valence-electron chi connectivity index (χ1n) is 7.39. The van der Waals surface area contributed by atoms with Crippen LogP contribution in [0.25, 0.3) is 0 Å². The number of nitrogens with one attached hydrogen (secondary N) is 2. The number of hydrogen-bond acceptors (Lipinski definition) is 6. The van der Waals surface area contributed by atoms with Crippen LogP contribution in [0.3, 0.4) is 0 Å². The number of rotatable bonds is 6. The zero-order valence-electron chi connectivity index (χ0n) is 13.2. The van der Waals surface area contributed by atoms with Gasteiger partial charge in [0.25, 0.3) is 0 Å². The monoisotopic (exact) mass is 424 g/mol. The molecule has 126 valence electrons. The van der Waals surface area contributed by atoms with E-state index in [1.165, 1.54) is 0 Å². The Morgan fingerprint density at radius 1 is 1.32 bits per heavy atom. The van der Waals surface area contributed by atoms with Crippen molar-refractivity contribution in [2.75, 3.05) is 45.9 Å². The normalized spacial score (nSPS) is 16.2. The summed E-state index contributed by atoms with van der Waals surface area (Å²) in [6.07, 6.45) is 0. The predicted octanol–water partition coefficient (Wildman–Crippen LogP) is 0.383. The molecule has 1 fully saturated rings. The van der Waals surface area contributed by atoms with Crippen LogP contribution in [0.2, 0.25) is 0 Å². The molecule has 1 aromatic heterocycles. The Kier molecular flexibility index (Phi) is 9.32. The Hall–Kier alpha value is -0.940. The molecule has 0 spiro atoms. The second kappa shape index (κ2) is 10.7. The van der Waals surface area contributed by atoms with Crippen LogP contribution < -0.4 is 10.6 Å². The molecule has 0 amide bonds. The highest BCUT2D eigenvalue weighted by Crippen LogP contribution is 1.97. The number of nitrogens with zero attached hydrogens (tertiary/aromatic N) is 4. The van der Waals surface area contributed by atoms with Crippen molar-refractivity contribution in [3.63, 3.8) is 0 Å². The highest BCUT2D eigenvalue weighted by atomic mass is 127. The average molecular weight is 424 g/mol. The number of ether oxygens (including phenoxy) is 1. The molecule has 2 heterocycles. The Bertz CT molecular complexity index is 447. The van der Waals surface area contributed by atoms with E-state index in [-0.39, 0.29) is 24.0 Å². The van der Waals surface area contributed by atoms with E-state index in [1.54, 1.807) is 6.92 Å². The largest absolute Gasteiger partial charge is 0.379 e. The topological polar surface area (TPSA) is 87.8 Å². The fraction of sp³-hybridized carbons (Fsp3) is 0.769. The van der Waals surface area contributed by atoms with Crippen molar-refractivity contribution in [1.82, 2.24) is 25.7 Å². The van der Waals surface area contributed by atoms with Gasteiger partial charge in [0, 0.05) is 39.6 Å². The zero-order chi connectivity index (χ0) is 14.9. The summed E-state index contributed by atoms with van der Waals surface area (Å²) in [5.74, 6) is 1.93. The van der Waals surface area contributed by atoms with Gasteiger partial charge in [-0.2, -0.15) is 4.98 Å². The van der Waals surface area contributed by atoms with Gasteiger partial charge in [0.2, 0.25) is 5.89 Å². The maximum Gasteiger partial charge on any atom is 0.223 e. The summed E-state index contributed by atoms with van der Waals surface area (Å²) >= 11 is 0. The molecule has 0 aromatic carbocycles. The second-order valence-electron chi connectivity index (χ2n) is 4.81. The summed E-state index contributed by atoms with van der Waals surface area (Å²) in [6.45, 7) is 10.5. The summed E-state index contributed by atoms with van der Waals surface area (Å²) < 4.78 is 10.3. The minimum atomic E-state index is 0. The van der Waals surface area contributed by atoms with Crippen molar-refractivity contribution in [1.29, 1.82) is 0 Å². The average Bonchev–Trinajstić information content (AvgIpc) is 2.91. The van der Waals surface area contributed by atoms with E-state index in [0.717, 1.165) is 51.9 Å². The van der Waals surface area contributed by atoms with E-state index >= 15 is 0 Å². The Labute approximate surface area is 148 Å². The van der Waals surface area contributed by atoms with E-state index in [0.29, 0.717) is 18.3 Å². The standard InChI is InChI=1S/C13H24N6O2.HI/c1-3-14-13(16-10-12-17-11(2)21-18-12)15-4-5-19-6-8-20-9-7-19;/h3-10H2,1-2H3,(H2,14,15,16);1H. The molecule has 8 nitrogen and oxygen atoms in total. The molecule has 2 rings (SSSR count). The van der Waals surface area contributed by atoms with E-state index in [4.69, 9.17) is 9.26 Å². The summed E-state index contributed by atoms with van der Waals surface area (Å²) in [7, 11) is 0. The first kappa shape index (κ1) is 19.1. The number of guanidine groups is 1. The molecular weight excluding hydrogens is 399 g/mol. The van der Waals surface area contributed by atoms with Crippen molar-refractivity contribution in [3.8, 4) is 0 Å². The summed E-state index contributed by atoms with van der Waals surface area (Å²) in [4.78, 5) is 11.0. The van der Waals surface area contributed by atoms with Crippen molar-refractivity contribution in [2.24, 2.45) is 4.99 Å². The molecule has 0 unspecified atom stereocenters. The van der Waals surface area contributed by atoms with Crippen molar-refractivity contribution in [3.05, 3.63) is 11.7 Å². The Morgan fingerprint density at radius 3 is 2.73 bits per heavy atom. The minimum Gasteiger partial charge on any atom is -0.379 e. The van der Waals surface area contributed by atoms with E-state index in [9.17, 15) is 0 Å². The van der Waals surface area contributed by atoms with Gasteiger partial charge in [0.05, 0.1) is 13.2 Å². The van der Waals surface area contributed by atoms with Gasteiger partial charge in [-0.3, -0.25) is 4.90 Å². The number of halogens is 1. The molecule has 0 aliphatic carbocycles. The molecular formula is C13H25IN6O2. The number of aliphatic imine (C=N–C) groups is 1. The molecule has 0 bridgehead atoms. The number of aromatic nitrogens is 2. The maximum absolute atomic E-state index is 5.33. The van der Waals surface area contributed by atoms with Crippen molar-refractivity contribution in [2.45, 2.75) is 20.4 Å². The fourth-order valence-corrected chi connectivity index (χ4v) is 2.05. The second-order valence-corrected chi connectivity index (χ2v) is 4.81. The van der Waals surface area contributed by atoms with Crippen molar-refractivity contribution >= 4 is 29.9 Å². The molecule has 9 heteroatoms. The third-order valence-corrected chi connectivity index (χ3v) is 3.12. The SMILES string of the molecule is CCNC(=NCc1noc(C)n1)NCCN1CCOCC1.I. The molecule has 0 saturated carbocycles. The van der Waals surface area contributed by atoms with E-state index in [1.807, 2.05) is 6.92 Å². The van der Waals surface area contributed by atoms with Gasteiger partial charge in [-0.05, 0) is 6.92 Å². The molecule has 2 N–H and O–H groups in total. The van der Waals surface area contributed by atoms with Crippen molar-refractivity contribution < 1.29 is 9.26 Å². The number of hydrogen-bond donors (Lipinski definition) is 2. The third kappa shape index (κ3) is 6.88. The van der Waals surface area contributed by atoms with Crippen LogP contribution in [0, 0.1) is 6.92 Å². The smallest absolute Gasteiger partial charge is 0.223 e. The van der Waals surface area contributed by atoms with Gasteiger partial charge in [-0.1, -0.05) is 5.16 Å². The lowest BCUT2D eigenvalue weighted by Gasteiger charge is -2.26. The fourth-order valence-electron chi connectivity index (χ4n) is 2.05. The molecule has 1 aliphatic rings. The summed E-state index contributed by atoms with van der Waals surface area (Å²) in [5, 5.41) is 10.4. The molecule has 1 aromatic rings. The van der Waals surface area contributed by atoms with Gasteiger partial charge in [0.15, 0.2) is 11.8 Å². The molecule has 1 saturated heterocycles. The lowest BCUT2D eigenvalue weighted by molar-refractivity contribution is 0.0389. The van der Waals surface area contributed by atoms with Gasteiger partial charge in [-0.15, -0.1) is 24.0 Å². The Morgan fingerprint density at radius 2 is 2.09 bits per heavy atom. The third-order valence-electron chi connectivity index (χ3n) is 3.12. The van der Waals surface area contributed by atoms with Gasteiger partial charge in [0.1, 0.15) is 6.54 Å². The highest BCUT2D eigenvalue weighted by molar-refractivity contribution is 14.0.